The number of hydrogen-bond donors (Lipinski definition) is 1. The molecule has 29 heavy (non-hydrogen) atoms. The van der Waals surface area contributed by atoms with E-state index in [4.69, 9.17) is 16.0 Å². The van der Waals surface area contributed by atoms with Crippen molar-refractivity contribution in [2.45, 2.75) is 6.92 Å². The van der Waals surface area contributed by atoms with Crippen LogP contribution in [0.25, 0.3) is 17.4 Å². The summed E-state index contributed by atoms with van der Waals surface area (Å²) in [6.45, 7) is 1.84. The fraction of sp³-hybridized carbons (Fsp3) is 0.0476. The van der Waals surface area contributed by atoms with Crippen LogP contribution >= 0.6 is 11.6 Å². The van der Waals surface area contributed by atoms with Gasteiger partial charge in [-0.25, -0.2) is 0 Å². The normalized spacial score (nSPS) is 11.0. The first kappa shape index (κ1) is 19.9. The molecule has 144 valence electrons. The number of hydrogen-bond acceptors (Lipinski definition) is 5. The number of nitrogens with zero attached hydrogens (tertiary/aromatic N) is 2. The van der Waals surface area contributed by atoms with Crippen molar-refractivity contribution in [2.24, 2.45) is 0 Å². The summed E-state index contributed by atoms with van der Waals surface area (Å²) < 4.78 is 5.62. The molecule has 1 N–H and O–H groups in total. The molecule has 0 aliphatic rings. The summed E-state index contributed by atoms with van der Waals surface area (Å²) in [6.07, 6.45) is 1.30. The number of carbonyl (C=O) groups is 1. The molecule has 0 unspecified atom stereocenters. The van der Waals surface area contributed by atoms with Crippen molar-refractivity contribution in [3.63, 3.8) is 0 Å². The summed E-state index contributed by atoms with van der Waals surface area (Å²) in [7, 11) is 0. The van der Waals surface area contributed by atoms with Gasteiger partial charge in [0.05, 0.1) is 4.92 Å². The van der Waals surface area contributed by atoms with Gasteiger partial charge in [-0.3, -0.25) is 14.9 Å². The lowest BCUT2D eigenvalue weighted by Crippen LogP contribution is -2.13. The summed E-state index contributed by atoms with van der Waals surface area (Å²) in [4.78, 5) is 22.8. The highest BCUT2D eigenvalue weighted by Gasteiger charge is 2.13. The minimum absolute atomic E-state index is 0.0650. The number of furan rings is 1. The van der Waals surface area contributed by atoms with Gasteiger partial charge in [-0.1, -0.05) is 29.8 Å². The molecule has 3 rings (SSSR count). The van der Waals surface area contributed by atoms with E-state index < -0.39 is 10.8 Å². The van der Waals surface area contributed by atoms with E-state index in [1.54, 1.807) is 42.5 Å². The predicted octanol–water partition coefficient (Wildman–Crippen LogP) is 5.36. The zero-order chi connectivity index (χ0) is 21.0. The Morgan fingerprint density at radius 2 is 2.03 bits per heavy atom. The molecule has 8 heteroatoms. The highest BCUT2D eigenvalue weighted by atomic mass is 35.5. The molecule has 1 aromatic heterocycles. The molecule has 0 radical (unpaired) electrons. The van der Waals surface area contributed by atoms with Gasteiger partial charge in [0.15, 0.2) is 0 Å². The van der Waals surface area contributed by atoms with Crippen LogP contribution in [-0.2, 0) is 4.79 Å². The first-order valence-electron chi connectivity index (χ1n) is 8.41. The number of amides is 1. The maximum Gasteiger partial charge on any atom is 0.270 e. The van der Waals surface area contributed by atoms with E-state index in [0.717, 1.165) is 5.56 Å². The first-order chi connectivity index (χ1) is 13.9. The van der Waals surface area contributed by atoms with Crippen molar-refractivity contribution >= 4 is 35.0 Å². The van der Waals surface area contributed by atoms with Gasteiger partial charge in [-0.05, 0) is 36.8 Å². The molecule has 0 atom stereocenters. The molecule has 0 saturated carbocycles. The SMILES string of the molecule is Cc1ccc(NC(=O)/C(C#N)=C/c2ccc(-c3cccc([N+](=O)[O-])c3)o2)cc1Cl. The van der Waals surface area contributed by atoms with Crippen LogP contribution in [0.1, 0.15) is 11.3 Å². The average Bonchev–Trinajstić information content (AvgIpc) is 3.17. The number of nitro benzene ring substituents is 1. The number of nitriles is 1. The number of benzene rings is 2. The molecule has 0 saturated heterocycles. The number of nitrogens with one attached hydrogen (secondary N) is 1. The lowest BCUT2D eigenvalue weighted by Gasteiger charge is -2.06. The van der Waals surface area contributed by atoms with Crippen LogP contribution in [-0.4, -0.2) is 10.8 Å². The van der Waals surface area contributed by atoms with Crippen LogP contribution in [0.3, 0.4) is 0 Å². The van der Waals surface area contributed by atoms with Gasteiger partial charge in [-0.15, -0.1) is 0 Å². The maximum atomic E-state index is 12.4. The first-order valence-corrected chi connectivity index (χ1v) is 8.79. The topological polar surface area (TPSA) is 109 Å². The quantitative estimate of drug-likeness (QED) is 0.265. The summed E-state index contributed by atoms with van der Waals surface area (Å²) in [5.74, 6) is 0.0313. The number of halogens is 1. The second kappa shape index (κ2) is 8.42. The van der Waals surface area contributed by atoms with E-state index in [-0.39, 0.29) is 17.0 Å². The molecule has 1 heterocycles. The third kappa shape index (κ3) is 4.69. The number of anilines is 1. The van der Waals surface area contributed by atoms with Crippen LogP contribution in [0, 0.1) is 28.4 Å². The molecular weight excluding hydrogens is 394 g/mol. The number of aryl methyl sites for hydroxylation is 1. The van der Waals surface area contributed by atoms with E-state index in [9.17, 15) is 20.2 Å². The van der Waals surface area contributed by atoms with E-state index in [1.807, 2.05) is 13.0 Å². The fourth-order valence-corrected chi connectivity index (χ4v) is 2.70. The molecule has 0 aliphatic heterocycles. The molecule has 1 amide bonds. The van der Waals surface area contributed by atoms with Crippen molar-refractivity contribution in [3.05, 3.63) is 86.6 Å². The van der Waals surface area contributed by atoms with Crippen LogP contribution < -0.4 is 5.32 Å². The van der Waals surface area contributed by atoms with Crippen LogP contribution in [0.5, 0.6) is 0 Å². The Balaban J connectivity index is 1.82. The molecule has 0 bridgehead atoms. The highest BCUT2D eigenvalue weighted by molar-refractivity contribution is 6.31. The Kier molecular flexibility index (Phi) is 5.77. The van der Waals surface area contributed by atoms with Crippen molar-refractivity contribution in [1.82, 2.24) is 0 Å². The predicted molar refractivity (Wildman–Crippen MR) is 109 cm³/mol. The van der Waals surface area contributed by atoms with Crippen molar-refractivity contribution < 1.29 is 14.1 Å². The zero-order valence-electron chi connectivity index (χ0n) is 15.2. The number of rotatable bonds is 5. The lowest BCUT2D eigenvalue weighted by molar-refractivity contribution is -0.384. The summed E-state index contributed by atoms with van der Waals surface area (Å²) >= 11 is 6.04. The molecule has 0 spiro atoms. The van der Waals surface area contributed by atoms with Gasteiger partial charge >= 0.3 is 0 Å². The van der Waals surface area contributed by atoms with Crippen LogP contribution in [0.2, 0.25) is 5.02 Å². The Labute approximate surface area is 171 Å². The van der Waals surface area contributed by atoms with Crippen molar-refractivity contribution in [3.8, 4) is 17.4 Å². The molecule has 7 nitrogen and oxygen atoms in total. The second-order valence-electron chi connectivity index (χ2n) is 6.10. The zero-order valence-corrected chi connectivity index (χ0v) is 15.9. The van der Waals surface area contributed by atoms with E-state index in [1.165, 1.54) is 18.2 Å². The molecule has 2 aromatic carbocycles. The smallest absolute Gasteiger partial charge is 0.270 e. The van der Waals surface area contributed by atoms with E-state index in [0.29, 0.717) is 22.0 Å². The Bertz CT molecular complexity index is 1170. The van der Waals surface area contributed by atoms with Crippen LogP contribution in [0.15, 0.2) is 64.6 Å². The monoisotopic (exact) mass is 407 g/mol. The maximum absolute atomic E-state index is 12.4. The minimum Gasteiger partial charge on any atom is -0.457 e. The lowest BCUT2D eigenvalue weighted by atomic mass is 10.1. The molecule has 0 aliphatic carbocycles. The third-order valence-corrected chi connectivity index (χ3v) is 4.46. The van der Waals surface area contributed by atoms with Gasteiger partial charge in [0.2, 0.25) is 0 Å². The molecule has 0 fully saturated rings. The number of carbonyl (C=O) groups excluding carboxylic acids is 1. The van der Waals surface area contributed by atoms with Crippen molar-refractivity contribution in [1.29, 1.82) is 5.26 Å². The molecular formula is C21H14ClN3O4. The fourth-order valence-electron chi connectivity index (χ4n) is 2.52. The van der Waals surface area contributed by atoms with Crippen molar-refractivity contribution in [2.75, 3.05) is 5.32 Å². The van der Waals surface area contributed by atoms with Gasteiger partial charge in [0.25, 0.3) is 11.6 Å². The molecule has 3 aromatic rings. The highest BCUT2D eigenvalue weighted by Crippen LogP contribution is 2.27. The van der Waals surface area contributed by atoms with Gasteiger partial charge in [-0.2, -0.15) is 5.26 Å². The minimum atomic E-state index is -0.610. The second-order valence-corrected chi connectivity index (χ2v) is 6.50. The van der Waals surface area contributed by atoms with E-state index >= 15 is 0 Å². The Morgan fingerprint density at radius 1 is 1.24 bits per heavy atom. The Morgan fingerprint density at radius 3 is 2.72 bits per heavy atom. The van der Waals surface area contributed by atoms with Crippen LogP contribution in [0.4, 0.5) is 11.4 Å². The van der Waals surface area contributed by atoms with Gasteiger partial charge in [0, 0.05) is 34.5 Å². The van der Waals surface area contributed by atoms with Gasteiger partial charge < -0.3 is 9.73 Å². The summed E-state index contributed by atoms with van der Waals surface area (Å²) in [6, 6.07) is 16.0. The third-order valence-electron chi connectivity index (χ3n) is 4.05. The average molecular weight is 408 g/mol. The largest absolute Gasteiger partial charge is 0.457 e. The summed E-state index contributed by atoms with van der Waals surface area (Å²) in [5.41, 5.74) is 1.61. The number of nitro groups is 1. The van der Waals surface area contributed by atoms with Gasteiger partial charge in [0.1, 0.15) is 23.2 Å². The number of non-ortho nitro benzene ring substituents is 1. The standard InChI is InChI=1S/C21H14ClN3O4/c1-13-5-6-16(11-19(13)22)24-21(26)15(12-23)10-18-7-8-20(29-18)14-3-2-4-17(9-14)25(27)28/h2-11H,1H3,(H,24,26)/b15-10+. The summed E-state index contributed by atoms with van der Waals surface area (Å²) in [5, 5.41) is 23.4. The Hall–Kier alpha value is -3.89. The van der Waals surface area contributed by atoms with E-state index in [2.05, 4.69) is 5.32 Å².